The topological polar surface area (TPSA) is 67.2 Å². The zero-order valence-electron chi connectivity index (χ0n) is 9.48. The van der Waals surface area contributed by atoms with Crippen molar-refractivity contribution >= 4 is 11.4 Å². The van der Waals surface area contributed by atoms with Gasteiger partial charge in [0.25, 0.3) is 5.69 Å². The minimum Gasteiger partial charge on any atom is -0.381 e. The van der Waals surface area contributed by atoms with Gasteiger partial charge in [0.1, 0.15) is 0 Å². The van der Waals surface area contributed by atoms with Gasteiger partial charge in [0.2, 0.25) is 0 Å². The third-order valence-corrected chi connectivity index (χ3v) is 2.73. The zero-order chi connectivity index (χ0) is 12.1. The maximum Gasteiger partial charge on any atom is 0.271 e. The van der Waals surface area contributed by atoms with Crippen LogP contribution in [0, 0.1) is 10.1 Å². The fourth-order valence-electron chi connectivity index (χ4n) is 1.78. The largest absolute Gasteiger partial charge is 0.381 e. The number of rotatable bonds is 4. The second-order valence-corrected chi connectivity index (χ2v) is 3.98. The fourth-order valence-corrected chi connectivity index (χ4v) is 1.78. The summed E-state index contributed by atoms with van der Waals surface area (Å²) in [5.74, 6) is 0. The molecule has 0 aromatic heterocycles. The number of hydrogen-bond donors (Lipinski definition) is 2. The molecular formula is C12H15N3O2. The van der Waals surface area contributed by atoms with Gasteiger partial charge in [0, 0.05) is 30.9 Å². The van der Waals surface area contributed by atoms with Gasteiger partial charge < -0.3 is 10.6 Å². The highest BCUT2D eigenvalue weighted by Gasteiger charge is 2.06. The Morgan fingerprint density at radius 2 is 2.35 bits per heavy atom. The van der Waals surface area contributed by atoms with Crippen LogP contribution in [0.25, 0.3) is 0 Å². The van der Waals surface area contributed by atoms with E-state index in [4.69, 9.17) is 0 Å². The lowest BCUT2D eigenvalue weighted by Crippen LogP contribution is -2.23. The van der Waals surface area contributed by atoms with Crippen molar-refractivity contribution in [3.05, 3.63) is 46.0 Å². The molecule has 2 rings (SSSR count). The van der Waals surface area contributed by atoms with Crippen LogP contribution in [0.4, 0.5) is 11.4 Å². The van der Waals surface area contributed by atoms with Crippen LogP contribution in [0.3, 0.4) is 0 Å². The van der Waals surface area contributed by atoms with Crippen molar-refractivity contribution in [1.82, 2.24) is 5.32 Å². The average molecular weight is 233 g/mol. The van der Waals surface area contributed by atoms with E-state index in [1.807, 2.05) is 6.07 Å². The van der Waals surface area contributed by atoms with Crippen molar-refractivity contribution in [3.8, 4) is 0 Å². The molecule has 1 aromatic carbocycles. The number of nitrogens with zero attached hydrogens (tertiary/aromatic N) is 1. The summed E-state index contributed by atoms with van der Waals surface area (Å²) in [5, 5.41) is 17.1. The van der Waals surface area contributed by atoms with Crippen LogP contribution in [0.1, 0.15) is 6.42 Å². The molecule has 0 saturated heterocycles. The molecule has 0 saturated carbocycles. The Bertz CT molecular complexity index is 443. The normalized spacial score (nSPS) is 15.2. The molecular weight excluding hydrogens is 218 g/mol. The quantitative estimate of drug-likeness (QED) is 0.473. The molecule has 1 aromatic rings. The molecule has 2 N–H and O–H groups in total. The molecule has 90 valence electrons. The molecule has 5 heteroatoms. The number of hydrogen-bond acceptors (Lipinski definition) is 4. The molecule has 0 unspecified atom stereocenters. The first kappa shape index (κ1) is 11.6. The van der Waals surface area contributed by atoms with E-state index in [-0.39, 0.29) is 10.6 Å². The molecule has 0 bridgehead atoms. The fraction of sp³-hybridized carbons (Fsp3) is 0.333. The van der Waals surface area contributed by atoms with Gasteiger partial charge in [-0.2, -0.15) is 0 Å². The van der Waals surface area contributed by atoms with Crippen molar-refractivity contribution in [3.63, 3.8) is 0 Å². The van der Waals surface area contributed by atoms with Gasteiger partial charge in [-0.25, -0.2) is 0 Å². The van der Waals surface area contributed by atoms with Gasteiger partial charge in [-0.05, 0) is 19.0 Å². The van der Waals surface area contributed by atoms with E-state index in [1.54, 1.807) is 12.1 Å². The lowest BCUT2D eigenvalue weighted by atomic mass is 10.1. The highest BCUT2D eigenvalue weighted by atomic mass is 16.6. The van der Waals surface area contributed by atoms with Crippen LogP contribution in [-0.4, -0.2) is 24.6 Å². The third-order valence-electron chi connectivity index (χ3n) is 2.73. The number of benzene rings is 1. The number of nitro groups is 1. The van der Waals surface area contributed by atoms with E-state index in [0.29, 0.717) is 0 Å². The van der Waals surface area contributed by atoms with Crippen LogP contribution < -0.4 is 10.6 Å². The summed E-state index contributed by atoms with van der Waals surface area (Å²) in [5.41, 5.74) is 2.25. The van der Waals surface area contributed by atoms with Gasteiger partial charge in [-0.3, -0.25) is 10.1 Å². The predicted molar refractivity (Wildman–Crippen MR) is 67.2 cm³/mol. The van der Waals surface area contributed by atoms with E-state index in [1.165, 1.54) is 11.6 Å². The standard InChI is InChI=1S/C12H15N3O2/c16-15(17)12-3-1-2-11(8-12)14-9-10-4-6-13-7-5-10/h1-4,8,13-14H,5-7,9H2. The molecule has 0 spiro atoms. The van der Waals surface area contributed by atoms with Crippen LogP contribution in [-0.2, 0) is 0 Å². The summed E-state index contributed by atoms with van der Waals surface area (Å²) in [7, 11) is 0. The first-order valence-corrected chi connectivity index (χ1v) is 5.62. The summed E-state index contributed by atoms with van der Waals surface area (Å²) in [6.45, 7) is 2.66. The van der Waals surface area contributed by atoms with Crippen molar-refractivity contribution in [1.29, 1.82) is 0 Å². The first-order valence-electron chi connectivity index (χ1n) is 5.62. The van der Waals surface area contributed by atoms with E-state index in [9.17, 15) is 10.1 Å². The minimum absolute atomic E-state index is 0.120. The van der Waals surface area contributed by atoms with Crippen molar-refractivity contribution in [2.24, 2.45) is 0 Å². The number of nitrogens with one attached hydrogen (secondary N) is 2. The van der Waals surface area contributed by atoms with Crippen LogP contribution in [0.2, 0.25) is 0 Å². The molecule has 0 radical (unpaired) electrons. The van der Waals surface area contributed by atoms with E-state index in [2.05, 4.69) is 16.7 Å². The van der Waals surface area contributed by atoms with E-state index >= 15 is 0 Å². The third kappa shape index (κ3) is 3.29. The molecule has 0 fully saturated rings. The van der Waals surface area contributed by atoms with Crippen LogP contribution in [0.15, 0.2) is 35.9 Å². The second kappa shape index (κ2) is 5.45. The van der Waals surface area contributed by atoms with Gasteiger partial charge >= 0.3 is 0 Å². The number of non-ortho nitro benzene ring substituents is 1. The number of nitro benzene ring substituents is 1. The van der Waals surface area contributed by atoms with Gasteiger partial charge in [-0.1, -0.05) is 17.7 Å². The highest BCUT2D eigenvalue weighted by Crippen LogP contribution is 2.17. The zero-order valence-corrected chi connectivity index (χ0v) is 9.48. The average Bonchev–Trinajstić information content (AvgIpc) is 2.38. The monoisotopic (exact) mass is 233 g/mol. The first-order chi connectivity index (χ1) is 8.25. The molecule has 0 aliphatic carbocycles. The summed E-state index contributed by atoms with van der Waals surface area (Å²) in [6.07, 6.45) is 3.19. The molecule has 1 heterocycles. The Morgan fingerprint density at radius 1 is 1.47 bits per heavy atom. The molecule has 0 atom stereocenters. The SMILES string of the molecule is O=[N+]([O-])c1cccc(NCC2=CCNCC2)c1. The molecule has 17 heavy (non-hydrogen) atoms. The van der Waals surface area contributed by atoms with Gasteiger partial charge in [-0.15, -0.1) is 0 Å². The van der Waals surface area contributed by atoms with Crippen LogP contribution >= 0.6 is 0 Å². The summed E-state index contributed by atoms with van der Waals surface area (Å²) >= 11 is 0. The number of anilines is 1. The second-order valence-electron chi connectivity index (χ2n) is 3.98. The maximum absolute atomic E-state index is 10.6. The van der Waals surface area contributed by atoms with E-state index < -0.39 is 0 Å². The lowest BCUT2D eigenvalue weighted by molar-refractivity contribution is -0.384. The Morgan fingerprint density at radius 3 is 3.06 bits per heavy atom. The Kier molecular flexibility index (Phi) is 3.72. The van der Waals surface area contributed by atoms with Crippen molar-refractivity contribution < 1.29 is 4.92 Å². The van der Waals surface area contributed by atoms with Gasteiger partial charge in [0.15, 0.2) is 0 Å². The van der Waals surface area contributed by atoms with Crippen molar-refractivity contribution in [2.45, 2.75) is 6.42 Å². The Labute approximate surface area is 99.7 Å². The van der Waals surface area contributed by atoms with Crippen LogP contribution in [0.5, 0.6) is 0 Å². The molecule has 5 nitrogen and oxygen atoms in total. The molecule has 1 aliphatic heterocycles. The Balaban J connectivity index is 1.96. The van der Waals surface area contributed by atoms with E-state index in [0.717, 1.165) is 31.7 Å². The summed E-state index contributed by atoms with van der Waals surface area (Å²) in [4.78, 5) is 10.2. The van der Waals surface area contributed by atoms with Crippen molar-refractivity contribution in [2.75, 3.05) is 25.0 Å². The maximum atomic E-state index is 10.6. The lowest BCUT2D eigenvalue weighted by Gasteiger charge is -2.15. The Hall–Kier alpha value is -1.88. The minimum atomic E-state index is -0.380. The predicted octanol–water partition coefficient (Wildman–Crippen LogP) is 1.93. The summed E-state index contributed by atoms with van der Waals surface area (Å²) < 4.78 is 0. The smallest absolute Gasteiger partial charge is 0.271 e. The molecule has 0 amide bonds. The summed E-state index contributed by atoms with van der Waals surface area (Å²) in [6, 6.07) is 6.59. The van der Waals surface area contributed by atoms with Gasteiger partial charge in [0.05, 0.1) is 4.92 Å². The molecule has 1 aliphatic rings. The highest BCUT2D eigenvalue weighted by molar-refractivity contribution is 5.51.